The Bertz CT molecular complexity index is 1090. The van der Waals surface area contributed by atoms with E-state index in [-0.39, 0.29) is 23.8 Å². The van der Waals surface area contributed by atoms with Gasteiger partial charge in [0.1, 0.15) is 5.82 Å². The average molecular weight is 433 g/mol. The van der Waals surface area contributed by atoms with Crippen LogP contribution in [0, 0.1) is 12.7 Å². The van der Waals surface area contributed by atoms with Gasteiger partial charge in [0.25, 0.3) is 0 Å². The molecule has 0 aromatic heterocycles. The lowest BCUT2D eigenvalue weighted by molar-refractivity contribution is 0.196. The number of carbonyl (C=O) groups excluding carboxylic acids is 1. The fourth-order valence-corrected chi connectivity index (χ4v) is 5.25. The summed E-state index contributed by atoms with van der Waals surface area (Å²) in [5, 5.41) is 3.33. The van der Waals surface area contributed by atoms with E-state index in [1.54, 1.807) is 12.1 Å². The van der Waals surface area contributed by atoms with Gasteiger partial charge < -0.3 is 15.1 Å². The number of urea groups is 1. The Morgan fingerprint density at radius 3 is 2.69 bits per heavy atom. The number of likely N-dealkylation sites (tertiary alicyclic amines) is 1. The smallest absolute Gasteiger partial charge is 0.317 e. The number of benzene rings is 2. The first-order valence-electron chi connectivity index (χ1n) is 11.3. The highest BCUT2D eigenvalue weighted by Gasteiger charge is 2.36. The van der Waals surface area contributed by atoms with Crippen LogP contribution in [0.15, 0.2) is 64.7 Å². The summed E-state index contributed by atoms with van der Waals surface area (Å²) < 4.78 is 13.4. The average Bonchev–Trinajstić information content (AvgIpc) is 3.37. The van der Waals surface area contributed by atoms with Crippen molar-refractivity contribution >= 4 is 11.7 Å². The highest BCUT2D eigenvalue weighted by molar-refractivity contribution is 6.15. The second-order valence-corrected chi connectivity index (χ2v) is 9.17. The van der Waals surface area contributed by atoms with Crippen LogP contribution in [0.25, 0.3) is 0 Å². The third-order valence-corrected chi connectivity index (χ3v) is 6.98. The lowest BCUT2D eigenvalue weighted by Gasteiger charge is -2.31. The Labute approximate surface area is 188 Å². The fraction of sp³-hybridized carbons (Fsp3) is 0.385. The van der Waals surface area contributed by atoms with E-state index in [1.807, 2.05) is 4.90 Å². The van der Waals surface area contributed by atoms with E-state index in [4.69, 9.17) is 4.99 Å². The first kappa shape index (κ1) is 20.9. The van der Waals surface area contributed by atoms with E-state index in [2.05, 4.69) is 48.5 Å². The van der Waals surface area contributed by atoms with Crippen LogP contribution >= 0.6 is 0 Å². The Balaban J connectivity index is 1.30. The molecule has 32 heavy (non-hydrogen) atoms. The van der Waals surface area contributed by atoms with Crippen LogP contribution in [0.2, 0.25) is 0 Å². The number of nitrogens with zero attached hydrogens (tertiary/aromatic N) is 3. The van der Waals surface area contributed by atoms with Crippen LogP contribution in [0.3, 0.4) is 0 Å². The van der Waals surface area contributed by atoms with Gasteiger partial charge in [-0.15, -0.1) is 0 Å². The van der Waals surface area contributed by atoms with Gasteiger partial charge in [0.05, 0.1) is 18.3 Å². The summed E-state index contributed by atoms with van der Waals surface area (Å²) in [6, 6.07) is 15.0. The summed E-state index contributed by atoms with van der Waals surface area (Å²) in [6.45, 7) is 5.85. The molecule has 2 amide bonds. The number of carbonyl (C=O) groups is 1. The molecule has 166 valence electrons. The van der Waals surface area contributed by atoms with Gasteiger partial charge in [-0.2, -0.15) is 0 Å². The Morgan fingerprint density at radius 1 is 1.12 bits per heavy atom. The topological polar surface area (TPSA) is 47.9 Å². The van der Waals surface area contributed by atoms with Gasteiger partial charge in [0, 0.05) is 37.7 Å². The van der Waals surface area contributed by atoms with E-state index in [1.165, 1.54) is 28.8 Å². The maximum absolute atomic E-state index is 13.4. The van der Waals surface area contributed by atoms with Crippen molar-refractivity contribution in [2.45, 2.75) is 25.3 Å². The molecule has 3 heterocycles. The van der Waals surface area contributed by atoms with E-state index in [9.17, 15) is 9.18 Å². The first-order chi connectivity index (χ1) is 15.5. The molecule has 5 nitrogen and oxygen atoms in total. The van der Waals surface area contributed by atoms with Crippen LogP contribution in [-0.2, 0) is 0 Å². The van der Waals surface area contributed by atoms with Crippen molar-refractivity contribution in [3.05, 3.63) is 82.2 Å². The molecule has 0 spiro atoms. The molecular weight excluding hydrogens is 403 g/mol. The highest BCUT2D eigenvalue weighted by atomic mass is 19.1. The van der Waals surface area contributed by atoms with Gasteiger partial charge in [-0.05, 0) is 66.9 Å². The van der Waals surface area contributed by atoms with E-state index >= 15 is 0 Å². The van der Waals surface area contributed by atoms with Crippen molar-refractivity contribution in [3.8, 4) is 0 Å². The molecule has 1 unspecified atom stereocenters. The quantitative estimate of drug-likeness (QED) is 0.803. The van der Waals surface area contributed by atoms with Crippen LogP contribution in [0.5, 0.6) is 0 Å². The summed E-state index contributed by atoms with van der Waals surface area (Å²) in [4.78, 5) is 22.2. The Kier molecular flexibility index (Phi) is 5.55. The van der Waals surface area contributed by atoms with Crippen LogP contribution in [-0.4, -0.2) is 67.4 Å². The summed E-state index contributed by atoms with van der Waals surface area (Å²) in [6.07, 6.45) is 0.836. The molecule has 1 N–H and O–H groups in total. The number of rotatable bonds is 3. The minimum absolute atomic E-state index is 0.0132. The highest BCUT2D eigenvalue weighted by Crippen LogP contribution is 2.31. The van der Waals surface area contributed by atoms with Gasteiger partial charge in [-0.25, -0.2) is 9.18 Å². The van der Waals surface area contributed by atoms with Crippen LogP contribution in [0.4, 0.5) is 9.18 Å². The number of aryl methyl sites for hydroxylation is 1. The van der Waals surface area contributed by atoms with Gasteiger partial charge in [0.2, 0.25) is 0 Å². The summed E-state index contributed by atoms with van der Waals surface area (Å²) in [7, 11) is 2.11. The molecule has 2 aromatic rings. The molecule has 0 bridgehead atoms. The molecule has 2 atom stereocenters. The Hall–Kier alpha value is -2.99. The molecular formula is C26H29FN4O. The summed E-state index contributed by atoms with van der Waals surface area (Å²) in [5.41, 5.74) is 6.81. The lowest BCUT2D eigenvalue weighted by atomic mass is 9.91. The molecule has 2 aromatic carbocycles. The number of aliphatic imine (C=N–C) groups is 1. The molecule has 1 saturated heterocycles. The normalized spacial score (nSPS) is 23.3. The van der Waals surface area contributed by atoms with Gasteiger partial charge in [-0.3, -0.25) is 4.99 Å². The van der Waals surface area contributed by atoms with Crippen molar-refractivity contribution in [3.63, 3.8) is 0 Å². The lowest BCUT2D eigenvalue weighted by Crippen LogP contribution is -2.49. The molecule has 3 aliphatic rings. The third-order valence-electron chi connectivity index (χ3n) is 6.98. The molecule has 0 radical (unpaired) electrons. The molecule has 5 rings (SSSR count). The first-order valence-corrected chi connectivity index (χ1v) is 11.3. The van der Waals surface area contributed by atoms with Gasteiger partial charge in [-0.1, -0.05) is 24.3 Å². The predicted octanol–water partition coefficient (Wildman–Crippen LogP) is 3.75. The minimum Gasteiger partial charge on any atom is -0.333 e. The summed E-state index contributed by atoms with van der Waals surface area (Å²) >= 11 is 0. The number of likely N-dealkylation sites (N-methyl/N-ethyl adjacent to an activating group) is 1. The summed E-state index contributed by atoms with van der Waals surface area (Å²) in [5.74, 6) is 0.0310. The predicted molar refractivity (Wildman–Crippen MR) is 125 cm³/mol. The fourth-order valence-electron chi connectivity index (χ4n) is 5.25. The molecule has 1 fully saturated rings. The molecule has 0 saturated carbocycles. The zero-order chi connectivity index (χ0) is 22.2. The zero-order valence-electron chi connectivity index (χ0n) is 18.6. The molecule has 6 heteroatoms. The molecule has 3 aliphatic heterocycles. The van der Waals surface area contributed by atoms with E-state index < -0.39 is 0 Å². The minimum atomic E-state index is -0.254. The standard InChI is InChI=1S/C26H29FN4O/c1-17-5-3-4-6-21(17)23-14-30(2)16-24(23)29-26(32)31-12-11-19-13-28-25(22(19)15-31)18-7-9-20(27)10-8-18/h3-10,23-24H,11-16H2,1-2H3,(H,29,32)/t23-,24?/m0/s1. The number of amides is 2. The number of hydrogen-bond donors (Lipinski definition) is 1. The maximum atomic E-state index is 13.4. The van der Waals surface area contributed by atoms with E-state index in [0.717, 1.165) is 36.4 Å². The van der Waals surface area contributed by atoms with E-state index in [0.29, 0.717) is 19.6 Å². The van der Waals surface area contributed by atoms with Crippen LogP contribution < -0.4 is 5.32 Å². The van der Waals surface area contributed by atoms with Crippen molar-refractivity contribution < 1.29 is 9.18 Å². The van der Waals surface area contributed by atoms with Gasteiger partial charge >= 0.3 is 6.03 Å². The number of halogens is 1. The van der Waals surface area contributed by atoms with Gasteiger partial charge in [0.15, 0.2) is 0 Å². The number of nitrogens with one attached hydrogen (secondary N) is 1. The second-order valence-electron chi connectivity index (χ2n) is 9.17. The SMILES string of the molecule is Cc1ccccc1[C@@H]1CN(C)CC1NC(=O)N1CCC2=C(C1)C(c1ccc(F)cc1)=NC2. The van der Waals surface area contributed by atoms with Crippen molar-refractivity contribution in [1.29, 1.82) is 0 Å². The maximum Gasteiger partial charge on any atom is 0.317 e. The largest absolute Gasteiger partial charge is 0.333 e. The third kappa shape index (κ3) is 3.95. The van der Waals surface area contributed by atoms with Crippen LogP contribution in [0.1, 0.15) is 29.0 Å². The van der Waals surface area contributed by atoms with Crippen molar-refractivity contribution in [2.75, 3.05) is 39.8 Å². The monoisotopic (exact) mass is 432 g/mol. The second kappa shape index (κ2) is 8.51. The zero-order valence-corrected chi connectivity index (χ0v) is 18.6. The van der Waals surface area contributed by atoms with Crippen molar-refractivity contribution in [2.24, 2.45) is 4.99 Å². The molecule has 0 aliphatic carbocycles. The number of hydrogen-bond acceptors (Lipinski definition) is 3. The Morgan fingerprint density at radius 2 is 1.91 bits per heavy atom. The van der Waals surface area contributed by atoms with Crippen molar-refractivity contribution in [1.82, 2.24) is 15.1 Å².